The Kier molecular flexibility index (Phi) is 3.09. The average Bonchev–Trinajstić information content (AvgIpc) is 2.35. The van der Waals surface area contributed by atoms with Crippen LogP contribution in [-0.2, 0) is 0 Å². The quantitative estimate of drug-likeness (QED) is 0.861. The molecular formula is C12H10FN3O. The van der Waals surface area contributed by atoms with Crippen LogP contribution in [0.2, 0.25) is 0 Å². The van der Waals surface area contributed by atoms with Crippen molar-refractivity contribution in [2.24, 2.45) is 0 Å². The molecule has 1 heterocycles. The molecule has 0 aliphatic heterocycles. The first-order chi connectivity index (χ1) is 8.16. The van der Waals surface area contributed by atoms with E-state index in [1.54, 1.807) is 12.1 Å². The molecule has 1 aromatic heterocycles. The molecule has 5 heteroatoms. The largest absolute Gasteiger partial charge is 0.318 e. The summed E-state index contributed by atoms with van der Waals surface area (Å²) in [5, 5.41) is 2.45. The maximum absolute atomic E-state index is 13.4. The number of halogens is 1. The standard InChI is InChI=1S/C12H10FN3O/c1-8-2-3-9(13)10(6-8)16-12(17)11-7-14-4-5-15-11/h2-7H,1H3,(H,16,17). The fourth-order valence-electron chi connectivity index (χ4n) is 1.34. The van der Waals surface area contributed by atoms with Gasteiger partial charge in [-0.05, 0) is 24.6 Å². The Morgan fingerprint density at radius 3 is 2.88 bits per heavy atom. The van der Waals surface area contributed by atoms with Crippen LogP contribution in [0.25, 0.3) is 0 Å². The van der Waals surface area contributed by atoms with Gasteiger partial charge in [-0.1, -0.05) is 6.07 Å². The topological polar surface area (TPSA) is 54.9 Å². The van der Waals surface area contributed by atoms with Gasteiger partial charge in [-0.2, -0.15) is 0 Å². The Balaban J connectivity index is 2.22. The van der Waals surface area contributed by atoms with E-state index in [1.165, 1.54) is 24.7 Å². The summed E-state index contributed by atoms with van der Waals surface area (Å²) in [5.41, 5.74) is 1.15. The maximum atomic E-state index is 13.4. The number of carbonyl (C=O) groups is 1. The van der Waals surface area contributed by atoms with Crippen molar-refractivity contribution in [1.29, 1.82) is 0 Å². The molecule has 0 saturated heterocycles. The van der Waals surface area contributed by atoms with Crippen LogP contribution in [0.4, 0.5) is 10.1 Å². The zero-order valence-electron chi connectivity index (χ0n) is 9.14. The third-order valence-electron chi connectivity index (χ3n) is 2.17. The highest BCUT2D eigenvalue weighted by atomic mass is 19.1. The molecule has 4 nitrogen and oxygen atoms in total. The van der Waals surface area contributed by atoms with Gasteiger partial charge in [-0.3, -0.25) is 9.78 Å². The van der Waals surface area contributed by atoms with Gasteiger partial charge in [0.1, 0.15) is 11.5 Å². The number of rotatable bonds is 2. The van der Waals surface area contributed by atoms with Crippen molar-refractivity contribution < 1.29 is 9.18 Å². The molecule has 0 aliphatic carbocycles. The highest BCUT2D eigenvalue weighted by Gasteiger charge is 2.10. The smallest absolute Gasteiger partial charge is 0.275 e. The number of hydrogen-bond donors (Lipinski definition) is 1. The lowest BCUT2D eigenvalue weighted by molar-refractivity contribution is 0.102. The number of aryl methyl sites for hydroxylation is 1. The first-order valence-electron chi connectivity index (χ1n) is 5.00. The van der Waals surface area contributed by atoms with Crippen molar-refractivity contribution >= 4 is 11.6 Å². The summed E-state index contributed by atoms with van der Waals surface area (Å²) in [6, 6.07) is 4.50. The molecule has 0 unspecified atom stereocenters. The fraction of sp³-hybridized carbons (Fsp3) is 0.0833. The van der Waals surface area contributed by atoms with E-state index in [0.29, 0.717) is 0 Å². The van der Waals surface area contributed by atoms with Crippen LogP contribution in [0, 0.1) is 12.7 Å². The summed E-state index contributed by atoms with van der Waals surface area (Å²) in [7, 11) is 0. The minimum absolute atomic E-state index is 0.139. The lowest BCUT2D eigenvalue weighted by Gasteiger charge is -2.06. The Labute approximate surface area is 97.5 Å². The first kappa shape index (κ1) is 11.2. The molecule has 0 spiro atoms. The SMILES string of the molecule is Cc1ccc(F)c(NC(=O)c2cnccn2)c1. The van der Waals surface area contributed by atoms with Gasteiger partial charge in [-0.25, -0.2) is 9.37 Å². The van der Waals surface area contributed by atoms with E-state index in [2.05, 4.69) is 15.3 Å². The zero-order valence-corrected chi connectivity index (χ0v) is 9.14. The van der Waals surface area contributed by atoms with E-state index < -0.39 is 11.7 Å². The number of amides is 1. The number of anilines is 1. The number of hydrogen-bond acceptors (Lipinski definition) is 3. The molecule has 0 fully saturated rings. The van der Waals surface area contributed by atoms with Gasteiger partial charge < -0.3 is 5.32 Å². The summed E-state index contributed by atoms with van der Waals surface area (Å²) < 4.78 is 13.4. The van der Waals surface area contributed by atoms with Crippen LogP contribution in [0.1, 0.15) is 16.1 Å². The van der Waals surface area contributed by atoms with E-state index >= 15 is 0 Å². The van der Waals surface area contributed by atoms with Crippen LogP contribution < -0.4 is 5.32 Å². The van der Waals surface area contributed by atoms with E-state index in [9.17, 15) is 9.18 Å². The molecule has 86 valence electrons. The van der Waals surface area contributed by atoms with Crippen molar-refractivity contribution in [2.45, 2.75) is 6.92 Å². The molecule has 1 aromatic carbocycles. The number of carbonyl (C=O) groups excluding carboxylic acids is 1. The monoisotopic (exact) mass is 231 g/mol. The van der Waals surface area contributed by atoms with E-state index in [0.717, 1.165) is 5.56 Å². The van der Waals surface area contributed by atoms with Gasteiger partial charge in [0.25, 0.3) is 5.91 Å². The molecule has 1 N–H and O–H groups in total. The number of nitrogens with zero attached hydrogens (tertiary/aromatic N) is 2. The number of benzene rings is 1. The normalized spacial score (nSPS) is 10.0. The lowest BCUT2D eigenvalue weighted by atomic mass is 10.2. The molecule has 17 heavy (non-hydrogen) atoms. The Morgan fingerprint density at radius 2 is 2.18 bits per heavy atom. The zero-order chi connectivity index (χ0) is 12.3. The van der Waals surface area contributed by atoms with E-state index in [1.807, 2.05) is 6.92 Å². The van der Waals surface area contributed by atoms with Gasteiger partial charge >= 0.3 is 0 Å². The van der Waals surface area contributed by atoms with Crippen molar-refractivity contribution in [3.63, 3.8) is 0 Å². The Bertz CT molecular complexity index is 543. The van der Waals surface area contributed by atoms with Gasteiger partial charge in [0.05, 0.1) is 11.9 Å². The van der Waals surface area contributed by atoms with Crippen molar-refractivity contribution in [3.05, 3.63) is 53.9 Å². The third-order valence-corrected chi connectivity index (χ3v) is 2.17. The summed E-state index contributed by atoms with van der Waals surface area (Å²) in [5.74, 6) is -0.963. The van der Waals surface area contributed by atoms with Gasteiger partial charge in [0.15, 0.2) is 0 Å². The fourth-order valence-corrected chi connectivity index (χ4v) is 1.34. The third kappa shape index (κ3) is 2.63. The number of aromatic nitrogens is 2. The van der Waals surface area contributed by atoms with Gasteiger partial charge in [-0.15, -0.1) is 0 Å². The predicted octanol–water partition coefficient (Wildman–Crippen LogP) is 2.18. The number of nitrogens with one attached hydrogen (secondary N) is 1. The van der Waals surface area contributed by atoms with Crippen molar-refractivity contribution in [3.8, 4) is 0 Å². The molecule has 0 aliphatic rings. The second-order valence-electron chi connectivity index (χ2n) is 3.53. The first-order valence-corrected chi connectivity index (χ1v) is 5.00. The van der Waals surface area contributed by atoms with Gasteiger partial charge in [0, 0.05) is 12.4 Å². The molecule has 2 aromatic rings. The summed E-state index contributed by atoms with van der Waals surface area (Å²) >= 11 is 0. The second-order valence-corrected chi connectivity index (χ2v) is 3.53. The van der Waals surface area contributed by atoms with Crippen LogP contribution in [0.5, 0.6) is 0 Å². The van der Waals surface area contributed by atoms with Crippen LogP contribution in [-0.4, -0.2) is 15.9 Å². The van der Waals surface area contributed by atoms with Crippen molar-refractivity contribution in [1.82, 2.24) is 9.97 Å². The van der Waals surface area contributed by atoms with Crippen LogP contribution in [0.15, 0.2) is 36.8 Å². The van der Waals surface area contributed by atoms with Crippen molar-refractivity contribution in [2.75, 3.05) is 5.32 Å². The summed E-state index contributed by atoms with van der Waals surface area (Å²) in [6.07, 6.45) is 4.19. The Hall–Kier alpha value is -2.30. The minimum atomic E-state index is -0.484. The lowest BCUT2D eigenvalue weighted by Crippen LogP contribution is -2.14. The highest BCUT2D eigenvalue weighted by molar-refractivity contribution is 6.02. The van der Waals surface area contributed by atoms with Gasteiger partial charge in [0.2, 0.25) is 0 Å². The highest BCUT2D eigenvalue weighted by Crippen LogP contribution is 2.16. The predicted molar refractivity (Wildman–Crippen MR) is 61.1 cm³/mol. The second kappa shape index (κ2) is 4.69. The molecule has 1 amide bonds. The molecular weight excluding hydrogens is 221 g/mol. The minimum Gasteiger partial charge on any atom is -0.318 e. The molecule has 0 radical (unpaired) electrons. The molecule has 0 atom stereocenters. The maximum Gasteiger partial charge on any atom is 0.275 e. The van der Waals surface area contributed by atoms with E-state index in [4.69, 9.17) is 0 Å². The Morgan fingerprint density at radius 1 is 1.35 bits per heavy atom. The summed E-state index contributed by atoms with van der Waals surface area (Å²) in [6.45, 7) is 1.82. The summed E-state index contributed by atoms with van der Waals surface area (Å²) in [4.78, 5) is 19.3. The molecule has 0 saturated carbocycles. The van der Waals surface area contributed by atoms with Crippen LogP contribution >= 0.6 is 0 Å². The molecule has 0 bridgehead atoms. The average molecular weight is 231 g/mol. The molecule has 2 rings (SSSR count). The van der Waals surface area contributed by atoms with Crippen LogP contribution in [0.3, 0.4) is 0 Å². The van der Waals surface area contributed by atoms with E-state index in [-0.39, 0.29) is 11.4 Å².